The van der Waals surface area contributed by atoms with Crippen LogP contribution in [0.25, 0.3) is 0 Å². The molecule has 0 spiro atoms. The van der Waals surface area contributed by atoms with Crippen LogP contribution in [0.1, 0.15) is 18.5 Å². The van der Waals surface area contributed by atoms with E-state index in [0.29, 0.717) is 12.6 Å². The smallest absolute Gasteiger partial charge is 0.109 e. The second kappa shape index (κ2) is 3.87. The standard InChI is InChI=1S/C9H14FN3/c10-4-6-13-5-3-9(12-13)7-11-8-1-2-8/h3,5,8,11H,1-2,4,6-7H2. The zero-order valence-electron chi connectivity index (χ0n) is 7.54. The van der Waals surface area contributed by atoms with Crippen LogP contribution < -0.4 is 5.32 Å². The molecule has 1 saturated carbocycles. The molecule has 1 heterocycles. The minimum Gasteiger partial charge on any atom is -0.308 e. The molecule has 0 aromatic carbocycles. The van der Waals surface area contributed by atoms with E-state index in [4.69, 9.17) is 0 Å². The Kier molecular flexibility index (Phi) is 2.59. The fourth-order valence-electron chi connectivity index (χ4n) is 1.25. The Labute approximate surface area is 76.9 Å². The molecule has 1 aliphatic carbocycles. The van der Waals surface area contributed by atoms with E-state index in [1.165, 1.54) is 12.8 Å². The maximum atomic E-state index is 11.9. The quantitative estimate of drug-likeness (QED) is 0.741. The van der Waals surface area contributed by atoms with E-state index in [1.807, 2.05) is 12.3 Å². The molecule has 0 bridgehead atoms. The summed E-state index contributed by atoms with van der Waals surface area (Å²) in [5.74, 6) is 0. The fraction of sp³-hybridized carbons (Fsp3) is 0.667. The Morgan fingerprint density at radius 1 is 1.62 bits per heavy atom. The van der Waals surface area contributed by atoms with Crippen LogP contribution in [0.5, 0.6) is 0 Å². The molecule has 72 valence electrons. The first kappa shape index (κ1) is 8.69. The SMILES string of the molecule is FCCn1ccc(CNC2CC2)n1. The van der Waals surface area contributed by atoms with Gasteiger partial charge in [0.25, 0.3) is 0 Å². The molecule has 3 nitrogen and oxygen atoms in total. The van der Waals surface area contributed by atoms with E-state index in [0.717, 1.165) is 12.2 Å². The number of rotatable bonds is 5. The normalized spacial score (nSPS) is 16.4. The minimum atomic E-state index is -0.350. The molecule has 1 aromatic rings. The van der Waals surface area contributed by atoms with Crippen molar-refractivity contribution in [3.63, 3.8) is 0 Å². The van der Waals surface area contributed by atoms with Crippen molar-refractivity contribution in [2.24, 2.45) is 0 Å². The van der Waals surface area contributed by atoms with Crippen molar-refractivity contribution in [3.05, 3.63) is 18.0 Å². The third-order valence-electron chi connectivity index (χ3n) is 2.16. The summed E-state index contributed by atoms with van der Waals surface area (Å²) in [6.07, 6.45) is 4.39. The second-order valence-electron chi connectivity index (χ2n) is 3.41. The average molecular weight is 183 g/mol. The number of aromatic nitrogens is 2. The van der Waals surface area contributed by atoms with E-state index in [1.54, 1.807) is 4.68 Å². The molecule has 0 atom stereocenters. The van der Waals surface area contributed by atoms with Gasteiger partial charge in [-0.1, -0.05) is 0 Å². The highest BCUT2D eigenvalue weighted by Crippen LogP contribution is 2.18. The van der Waals surface area contributed by atoms with Crippen LogP contribution in [0, 0.1) is 0 Å². The van der Waals surface area contributed by atoms with Crippen molar-refractivity contribution in [3.8, 4) is 0 Å². The second-order valence-corrected chi connectivity index (χ2v) is 3.41. The maximum absolute atomic E-state index is 11.9. The Balaban J connectivity index is 1.81. The van der Waals surface area contributed by atoms with Crippen molar-refractivity contribution in [2.45, 2.75) is 32.0 Å². The summed E-state index contributed by atoms with van der Waals surface area (Å²) in [5.41, 5.74) is 1.00. The summed E-state index contributed by atoms with van der Waals surface area (Å²) in [4.78, 5) is 0. The minimum absolute atomic E-state index is 0.350. The Bertz CT molecular complexity index is 268. The molecular weight excluding hydrogens is 169 g/mol. The fourth-order valence-corrected chi connectivity index (χ4v) is 1.25. The number of alkyl halides is 1. The molecule has 1 aliphatic rings. The van der Waals surface area contributed by atoms with Gasteiger partial charge in [-0.05, 0) is 18.9 Å². The Morgan fingerprint density at radius 3 is 3.15 bits per heavy atom. The zero-order valence-corrected chi connectivity index (χ0v) is 7.54. The Hall–Kier alpha value is -0.900. The molecule has 13 heavy (non-hydrogen) atoms. The highest BCUT2D eigenvalue weighted by molar-refractivity contribution is 4.99. The molecule has 1 fully saturated rings. The lowest BCUT2D eigenvalue weighted by atomic mass is 10.4. The highest BCUT2D eigenvalue weighted by Gasteiger charge is 2.20. The van der Waals surface area contributed by atoms with Gasteiger partial charge in [0, 0.05) is 18.8 Å². The van der Waals surface area contributed by atoms with Gasteiger partial charge in [0.05, 0.1) is 12.2 Å². The van der Waals surface area contributed by atoms with Gasteiger partial charge in [-0.25, -0.2) is 4.39 Å². The number of halogens is 1. The summed E-state index contributed by atoms with van der Waals surface area (Å²) < 4.78 is 13.6. The van der Waals surface area contributed by atoms with Gasteiger partial charge in [0.2, 0.25) is 0 Å². The highest BCUT2D eigenvalue weighted by atomic mass is 19.1. The van der Waals surface area contributed by atoms with Crippen LogP contribution in [-0.2, 0) is 13.1 Å². The number of aryl methyl sites for hydroxylation is 1. The average Bonchev–Trinajstić information content (AvgIpc) is 2.85. The first-order valence-electron chi connectivity index (χ1n) is 4.70. The van der Waals surface area contributed by atoms with Crippen LogP contribution in [0.4, 0.5) is 4.39 Å². The third-order valence-corrected chi connectivity index (χ3v) is 2.16. The van der Waals surface area contributed by atoms with Crippen LogP contribution in [0.15, 0.2) is 12.3 Å². The van der Waals surface area contributed by atoms with Gasteiger partial charge in [0.15, 0.2) is 0 Å². The number of nitrogens with zero attached hydrogens (tertiary/aromatic N) is 2. The van der Waals surface area contributed by atoms with Crippen molar-refractivity contribution in [2.75, 3.05) is 6.67 Å². The predicted octanol–water partition coefficient (Wildman–Crippen LogP) is 1.10. The first-order chi connectivity index (χ1) is 6.38. The predicted molar refractivity (Wildman–Crippen MR) is 48.1 cm³/mol. The van der Waals surface area contributed by atoms with Gasteiger partial charge in [-0.15, -0.1) is 0 Å². The van der Waals surface area contributed by atoms with Crippen molar-refractivity contribution >= 4 is 0 Å². The van der Waals surface area contributed by atoms with Crippen molar-refractivity contribution in [1.29, 1.82) is 0 Å². The first-order valence-corrected chi connectivity index (χ1v) is 4.70. The lowest BCUT2D eigenvalue weighted by molar-refractivity contribution is 0.425. The van der Waals surface area contributed by atoms with E-state index in [9.17, 15) is 4.39 Å². The molecule has 0 aliphatic heterocycles. The number of hydrogen-bond donors (Lipinski definition) is 1. The molecule has 2 rings (SSSR count). The lowest BCUT2D eigenvalue weighted by Gasteiger charge is -1.98. The zero-order chi connectivity index (χ0) is 9.10. The summed E-state index contributed by atoms with van der Waals surface area (Å²) in [7, 11) is 0. The van der Waals surface area contributed by atoms with Gasteiger partial charge >= 0.3 is 0 Å². The summed E-state index contributed by atoms with van der Waals surface area (Å²) in [5, 5.41) is 7.57. The largest absolute Gasteiger partial charge is 0.308 e. The number of hydrogen-bond acceptors (Lipinski definition) is 2. The van der Waals surface area contributed by atoms with E-state index >= 15 is 0 Å². The van der Waals surface area contributed by atoms with Crippen molar-refractivity contribution in [1.82, 2.24) is 15.1 Å². The van der Waals surface area contributed by atoms with Gasteiger partial charge < -0.3 is 5.32 Å². The topological polar surface area (TPSA) is 29.9 Å². The third kappa shape index (κ3) is 2.52. The molecule has 1 N–H and O–H groups in total. The van der Waals surface area contributed by atoms with E-state index < -0.39 is 0 Å². The number of nitrogens with one attached hydrogen (secondary N) is 1. The van der Waals surface area contributed by atoms with Gasteiger partial charge in [-0.2, -0.15) is 5.10 Å². The monoisotopic (exact) mass is 183 g/mol. The van der Waals surface area contributed by atoms with Gasteiger partial charge in [-0.3, -0.25) is 4.68 Å². The van der Waals surface area contributed by atoms with Crippen LogP contribution in [-0.4, -0.2) is 22.5 Å². The van der Waals surface area contributed by atoms with Crippen LogP contribution >= 0.6 is 0 Å². The molecule has 4 heteroatoms. The molecule has 0 radical (unpaired) electrons. The van der Waals surface area contributed by atoms with Gasteiger partial charge in [0.1, 0.15) is 6.67 Å². The summed E-state index contributed by atoms with van der Waals surface area (Å²) in [6, 6.07) is 2.64. The molecular formula is C9H14FN3. The van der Waals surface area contributed by atoms with Crippen LogP contribution in [0.2, 0.25) is 0 Å². The molecule has 0 saturated heterocycles. The molecule has 1 aromatic heterocycles. The Morgan fingerprint density at radius 2 is 2.46 bits per heavy atom. The van der Waals surface area contributed by atoms with Crippen molar-refractivity contribution < 1.29 is 4.39 Å². The molecule has 0 amide bonds. The summed E-state index contributed by atoms with van der Waals surface area (Å²) in [6.45, 7) is 0.824. The van der Waals surface area contributed by atoms with Crippen LogP contribution in [0.3, 0.4) is 0 Å². The maximum Gasteiger partial charge on any atom is 0.109 e. The lowest BCUT2D eigenvalue weighted by Crippen LogP contribution is -2.16. The molecule has 0 unspecified atom stereocenters. The van der Waals surface area contributed by atoms with E-state index in [-0.39, 0.29) is 6.67 Å². The van der Waals surface area contributed by atoms with E-state index in [2.05, 4.69) is 10.4 Å². The summed E-state index contributed by atoms with van der Waals surface area (Å²) >= 11 is 0.